The summed E-state index contributed by atoms with van der Waals surface area (Å²) in [6.45, 7) is 2.15. The monoisotopic (exact) mass is 191 g/mol. The molecule has 3 heteroatoms. The van der Waals surface area contributed by atoms with E-state index in [1.807, 2.05) is 23.1 Å². The van der Waals surface area contributed by atoms with Crippen LogP contribution in [0.2, 0.25) is 0 Å². The number of carboxylic acid groups (broad SMARTS) is 1. The second-order valence-corrected chi connectivity index (χ2v) is 3.70. The Bertz CT molecular complexity index is 362. The van der Waals surface area contributed by atoms with Gasteiger partial charge in [-0.1, -0.05) is 18.2 Å². The van der Waals surface area contributed by atoms with E-state index in [0.717, 1.165) is 12.1 Å². The number of hydrogen-bond acceptors (Lipinski definition) is 2. The Morgan fingerprint density at radius 2 is 2.29 bits per heavy atom. The first-order chi connectivity index (χ1) is 6.68. The molecule has 1 N–H and O–H groups in total. The van der Waals surface area contributed by atoms with Gasteiger partial charge in [0.05, 0.1) is 0 Å². The summed E-state index contributed by atoms with van der Waals surface area (Å²) in [5.41, 5.74) is 2.32. The van der Waals surface area contributed by atoms with E-state index in [1.54, 1.807) is 0 Å². The number of aliphatic carboxylic acids is 1. The Morgan fingerprint density at radius 3 is 3.00 bits per heavy atom. The van der Waals surface area contributed by atoms with Crippen LogP contribution in [0, 0.1) is 0 Å². The fraction of sp³-hybridized carbons (Fsp3) is 0.364. The summed E-state index contributed by atoms with van der Waals surface area (Å²) < 4.78 is 0. The molecular weight excluding hydrogens is 178 g/mol. The van der Waals surface area contributed by atoms with Crippen LogP contribution in [0.4, 0.5) is 5.69 Å². The van der Waals surface area contributed by atoms with Crippen molar-refractivity contribution in [2.75, 3.05) is 11.4 Å². The van der Waals surface area contributed by atoms with Gasteiger partial charge in [0.15, 0.2) is 0 Å². The van der Waals surface area contributed by atoms with Crippen molar-refractivity contribution in [1.29, 1.82) is 0 Å². The maximum absolute atomic E-state index is 10.7. The predicted molar refractivity (Wildman–Crippen MR) is 54.6 cm³/mol. The normalized spacial score (nSPS) is 19.5. The molecule has 1 aromatic rings. The lowest BCUT2D eigenvalue weighted by atomic mass is 10.1. The van der Waals surface area contributed by atoms with Crippen molar-refractivity contribution in [2.45, 2.75) is 19.4 Å². The van der Waals surface area contributed by atoms with Gasteiger partial charge in [0.1, 0.15) is 6.54 Å². The zero-order chi connectivity index (χ0) is 10.1. The van der Waals surface area contributed by atoms with Crippen LogP contribution < -0.4 is 4.90 Å². The van der Waals surface area contributed by atoms with E-state index in [4.69, 9.17) is 5.11 Å². The van der Waals surface area contributed by atoms with E-state index in [1.165, 1.54) is 5.56 Å². The van der Waals surface area contributed by atoms with E-state index >= 15 is 0 Å². The third kappa shape index (κ3) is 1.45. The summed E-state index contributed by atoms with van der Waals surface area (Å²) in [6.07, 6.45) is 0.948. The van der Waals surface area contributed by atoms with E-state index in [0.29, 0.717) is 6.04 Å². The molecule has 14 heavy (non-hydrogen) atoms. The van der Waals surface area contributed by atoms with Gasteiger partial charge in [0.2, 0.25) is 0 Å². The van der Waals surface area contributed by atoms with Crippen LogP contribution >= 0.6 is 0 Å². The molecule has 2 rings (SSSR count). The second-order valence-electron chi connectivity index (χ2n) is 3.70. The Morgan fingerprint density at radius 1 is 1.57 bits per heavy atom. The molecule has 1 atom stereocenters. The van der Waals surface area contributed by atoms with Crippen LogP contribution in [0.1, 0.15) is 12.5 Å². The standard InChI is InChI=1S/C11H13NO2/c1-8-6-9-4-2-3-5-10(9)12(8)7-11(13)14/h2-5,8H,6-7H2,1H3,(H,13,14). The average Bonchev–Trinajstić information content (AvgIpc) is 2.43. The van der Waals surface area contributed by atoms with Crippen molar-refractivity contribution >= 4 is 11.7 Å². The summed E-state index contributed by atoms with van der Waals surface area (Å²) in [4.78, 5) is 12.6. The van der Waals surface area contributed by atoms with E-state index in [2.05, 4.69) is 13.0 Å². The van der Waals surface area contributed by atoms with Crippen LogP contribution in [0.3, 0.4) is 0 Å². The number of carbonyl (C=O) groups is 1. The zero-order valence-corrected chi connectivity index (χ0v) is 8.10. The molecule has 0 amide bonds. The van der Waals surface area contributed by atoms with Crippen molar-refractivity contribution in [3.63, 3.8) is 0 Å². The van der Waals surface area contributed by atoms with Crippen molar-refractivity contribution in [3.8, 4) is 0 Å². The fourth-order valence-corrected chi connectivity index (χ4v) is 2.02. The lowest BCUT2D eigenvalue weighted by Gasteiger charge is -2.22. The Hall–Kier alpha value is -1.51. The Balaban J connectivity index is 2.30. The van der Waals surface area contributed by atoms with Crippen LogP contribution in [-0.4, -0.2) is 23.7 Å². The molecule has 1 aromatic carbocycles. The molecule has 1 unspecified atom stereocenters. The van der Waals surface area contributed by atoms with Gasteiger partial charge in [-0.25, -0.2) is 0 Å². The third-order valence-electron chi connectivity index (χ3n) is 2.65. The fourth-order valence-electron chi connectivity index (χ4n) is 2.02. The number of nitrogens with zero attached hydrogens (tertiary/aromatic N) is 1. The SMILES string of the molecule is CC1Cc2ccccc2N1CC(=O)O. The molecule has 1 aliphatic rings. The minimum absolute atomic E-state index is 0.0954. The summed E-state index contributed by atoms with van der Waals surface area (Å²) in [6, 6.07) is 8.29. The third-order valence-corrected chi connectivity index (χ3v) is 2.65. The van der Waals surface area contributed by atoms with Gasteiger partial charge in [-0.15, -0.1) is 0 Å². The highest BCUT2D eigenvalue weighted by Crippen LogP contribution is 2.31. The average molecular weight is 191 g/mol. The molecular formula is C11H13NO2. The molecule has 0 saturated heterocycles. The molecule has 0 spiro atoms. The summed E-state index contributed by atoms with van der Waals surface area (Å²) in [5, 5.41) is 8.78. The molecule has 0 aromatic heterocycles. The van der Waals surface area contributed by atoms with Crippen LogP contribution in [0.25, 0.3) is 0 Å². The maximum Gasteiger partial charge on any atom is 0.323 e. The van der Waals surface area contributed by atoms with Crippen molar-refractivity contribution in [2.24, 2.45) is 0 Å². The highest BCUT2D eigenvalue weighted by Gasteiger charge is 2.26. The maximum atomic E-state index is 10.7. The highest BCUT2D eigenvalue weighted by atomic mass is 16.4. The molecule has 3 nitrogen and oxygen atoms in total. The van der Waals surface area contributed by atoms with Gasteiger partial charge in [0.25, 0.3) is 0 Å². The second kappa shape index (κ2) is 3.33. The highest BCUT2D eigenvalue weighted by molar-refractivity contribution is 5.75. The molecule has 0 fully saturated rings. The first kappa shape index (κ1) is 9.06. The van der Waals surface area contributed by atoms with Gasteiger partial charge >= 0.3 is 5.97 Å². The number of rotatable bonds is 2. The molecule has 1 aliphatic heterocycles. The van der Waals surface area contributed by atoms with Crippen LogP contribution in [0.15, 0.2) is 24.3 Å². The van der Waals surface area contributed by atoms with Crippen molar-refractivity contribution < 1.29 is 9.90 Å². The first-order valence-electron chi connectivity index (χ1n) is 4.75. The number of anilines is 1. The van der Waals surface area contributed by atoms with Crippen molar-refractivity contribution in [1.82, 2.24) is 0 Å². The van der Waals surface area contributed by atoms with Crippen LogP contribution in [-0.2, 0) is 11.2 Å². The van der Waals surface area contributed by atoms with E-state index in [-0.39, 0.29) is 6.54 Å². The molecule has 74 valence electrons. The topological polar surface area (TPSA) is 40.5 Å². The largest absolute Gasteiger partial charge is 0.480 e. The minimum atomic E-state index is -0.770. The smallest absolute Gasteiger partial charge is 0.323 e. The molecule has 1 heterocycles. The number of para-hydroxylation sites is 1. The predicted octanol–water partition coefficient (Wildman–Crippen LogP) is 1.52. The lowest BCUT2D eigenvalue weighted by molar-refractivity contribution is -0.135. The van der Waals surface area contributed by atoms with Gasteiger partial charge in [-0.2, -0.15) is 0 Å². The number of carboxylic acids is 1. The molecule has 0 radical (unpaired) electrons. The quantitative estimate of drug-likeness (QED) is 0.770. The first-order valence-corrected chi connectivity index (χ1v) is 4.75. The minimum Gasteiger partial charge on any atom is -0.480 e. The molecule has 0 saturated carbocycles. The molecule has 0 aliphatic carbocycles. The zero-order valence-electron chi connectivity index (χ0n) is 8.10. The van der Waals surface area contributed by atoms with Gasteiger partial charge < -0.3 is 10.0 Å². The van der Waals surface area contributed by atoms with Gasteiger partial charge in [-0.05, 0) is 25.0 Å². The van der Waals surface area contributed by atoms with Gasteiger partial charge in [0, 0.05) is 11.7 Å². The number of benzene rings is 1. The summed E-state index contributed by atoms with van der Waals surface area (Å²) >= 11 is 0. The van der Waals surface area contributed by atoms with E-state index in [9.17, 15) is 4.79 Å². The summed E-state index contributed by atoms with van der Waals surface area (Å²) in [7, 11) is 0. The van der Waals surface area contributed by atoms with Gasteiger partial charge in [-0.3, -0.25) is 4.79 Å². The molecule has 0 bridgehead atoms. The van der Waals surface area contributed by atoms with E-state index < -0.39 is 5.97 Å². The Labute approximate surface area is 83.0 Å². The number of hydrogen-bond donors (Lipinski definition) is 1. The van der Waals surface area contributed by atoms with Crippen molar-refractivity contribution in [3.05, 3.63) is 29.8 Å². The van der Waals surface area contributed by atoms with Crippen LogP contribution in [0.5, 0.6) is 0 Å². The lowest BCUT2D eigenvalue weighted by Crippen LogP contribution is -2.34. The Kier molecular flexibility index (Phi) is 2.15. The number of fused-ring (bicyclic) bond motifs is 1. The summed E-state index contributed by atoms with van der Waals surface area (Å²) in [5.74, 6) is -0.770.